The number of nitrogens with zero attached hydrogens (tertiary/aromatic N) is 4. The summed E-state index contributed by atoms with van der Waals surface area (Å²) in [7, 11) is 0. The van der Waals surface area contributed by atoms with E-state index < -0.39 is 9.85 Å². The number of aromatic nitrogens is 2. The van der Waals surface area contributed by atoms with Crippen LogP contribution < -0.4 is 10.6 Å². The van der Waals surface area contributed by atoms with Crippen LogP contribution in [0.1, 0.15) is 11.1 Å². The predicted octanol–water partition coefficient (Wildman–Crippen LogP) is 10.1. The Morgan fingerprint density at radius 1 is 0.622 bits per heavy atom. The van der Waals surface area contributed by atoms with E-state index in [9.17, 15) is 20.2 Å². The van der Waals surface area contributed by atoms with Gasteiger partial charge in [-0.2, -0.15) is 0 Å². The van der Waals surface area contributed by atoms with Crippen molar-refractivity contribution < 1.29 is 9.85 Å². The lowest BCUT2D eigenvalue weighted by atomic mass is 10.0. The van der Waals surface area contributed by atoms with E-state index >= 15 is 0 Å². The Kier molecular flexibility index (Phi) is 8.71. The Morgan fingerprint density at radius 2 is 1.02 bits per heavy atom. The van der Waals surface area contributed by atoms with Gasteiger partial charge in [-0.1, -0.05) is 58.0 Å². The van der Waals surface area contributed by atoms with Gasteiger partial charge in [-0.3, -0.25) is 20.2 Å². The fourth-order valence-electron chi connectivity index (χ4n) is 4.43. The highest BCUT2D eigenvalue weighted by molar-refractivity contribution is 7.19. The summed E-state index contributed by atoms with van der Waals surface area (Å²) in [6, 6.07) is 24.2. The second-order valence-corrected chi connectivity index (χ2v) is 12.6. The Hall–Kier alpha value is -4.88. The van der Waals surface area contributed by atoms with Gasteiger partial charge < -0.3 is 10.6 Å². The minimum atomic E-state index is -0.428. The van der Waals surface area contributed by atoms with Crippen molar-refractivity contribution in [3.8, 4) is 20.9 Å². The lowest BCUT2D eigenvalue weighted by Crippen LogP contribution is -1.95. The summed E-state index contributed by atoms with van der Waals surface area (Å²) in [5, 5.41) is 30.7. The normalized spacial score (nSPS) is 10.9. The maximum atomic E-state index is 10.9. The highest BCUT2D eigenvalue weighted by atomic mass is 35.5. The number of nitrogens with one attached hydrogen (secondary N) is 2. The molecule has 45 heavy (non-hydrogen) atoms. The largest absolute Gasteiger partial charge is 0.330 e. The second-order valence-electron chi connectivity index (χ2n) is 9.72. The number of rotatable bonds is 10. The number of thiazole rings is 2. The summed E-state index contributed by atoms with van der Waals surface area (Å²) in [6.07, 6.45) is 4.04. The van der Waals surface area contributed by atoms with Crippen molar-refractivity contribution in [2.75, 3.05) is 10.6 Å². The lowest BCUT2D eigenvalue weighted by Gasteiger charge is -2.10. The van der Waals surface area contributed by atoms with Gasteiger partial charge in [0.05, 0.1) is 41.0 Å². The number of nitro groups is 2. The first-order chi connectivity index (χ1) is 21.7. The molecule has 6 aromatic rings. The molecule has 2 heterocycles. The minimum Gasteiger partial charge on any atom is -0.330 e. The highest BCUT2D eigenvalue weighted by Crippen LogP contribution is 2.36. The van der Waals surface area contributed by atoms with Crippen molar-refractivity contribution in [3.63, 3.8) is 0 Å². The molecule has 0 spiro atoms. The quantitative estimate of drug-likeness (QED) is 0.108. The van der Waals surface area contributed by atoms with Crippen LogP contribution in [0.25, 0.3) is 20.9 Å². The van der Waals surface area contributed by atoms with Crippen LogP contribution in [0.4, 0.5) is 33.0 Å². The van der Waals surface area contributed by atoms with Crippen LogP contribution in [0, 0.1) is 20.2 Å². The summed E-state index contributed by atoms with van der Waals surface area (Å²) >= 11 is 16.1. The second kappa shape index (κ2) is 13.0. The van der Waals surface area contributed by atoms with Crippen LogP contribution in [0.15, 0.2) is 97.3 Å². The van der Waals surface area contributed by atoms with Crippen LogP contribution in [-0.4, -0.2) is 19.8 Å². The van der Waals surface area contributed by atoms with E-state index in [-0.39, 0.29) is 11.4 Å². The lowest BCUT2D eigenvalue weighted by molar-refractivity contribution is -0.385. The van der Waals surface area contributed by atoms with Gasteiger partial charge in [-0.15, -0.1) is 0 Å². The van der Waals surface area contributed by atoms with Crippen LogP contribution in [-0.2, 0) is 6.42 Å². The molecule has 0 radical (unpaired) electrons. The number of hydrogen-bond donors (Lipinski definition) is 2. The van der Waals surface area contributed by atoms with Crippen LogP contribution in [0.2, 0.25) is 10.0 Å². The molecule has 0 saturated carbocycles. The van der Waals surface area contributed by atoms with E-state index in [1.165, 1.54) is 46.9 Å². The number of hydrogen-bond acceptors (Lipinski definition) is 10. The van der Waals surface area contributed by atoms with E-state index in [0.717, 1.165) is 32.0 Å². The summed E-state index contributed by atoms with van der Waals surface area (Å²) in [5.74, 6) is 0. The van der Waals surface area contributed by atoms with Crippen molar-refractivity contribution in [2.45, 2.75) is 6.42 Å². The smallest absolute Gasteiger partial charge is 0.269 e. The number of non-ortho nitro benzene ring substituents is 2. The molecular weight excluding hydrogens is 655 g/mol. The Morgan fingerprint density at radius 3 is 1.38 bits per heavy atom. The number of anilines is 4. The molecule has 0 atom stereocenters. The molecule has 0 fully saturated rings. The monoisotopic (exact) mass is 674 g/mol. The van der Waals surface area contributed by atoms with Crippen molar-refractivity contribution >= 4 is 78.9 Å². The molecule has 0 amide bonds. The summed E-state index contributed by atoms with van der Waals surface area (Å²) in [6.45, 7) is 0. The number of benzene rings is 4. The Labute approximate surface area is 274 Å². The summed E-state index contributed by atoms with van der Waals surface area (Å²) in [5.41, 5.74) is 5.17. The molecule has 10 nitrogen and oxygen atoms in total. The minimum absolute atomic E-state index is 0.0379. The number of nitro benzene ring substituents is 2. The molecule has 0 saturated heterocycles. The molecule has 4 aromatic carbocycles. The van der Waals surface area contributed by atoms with E-state index in [2.05, 4.69) is 20.6 Å². The summed E-state index contributed by atoms with van der Waals surface area (Å²) in [4.78, 5) is 31.5. The van der Waals surface area contributed by atoms with Crippen molar-refractivity contribution in [1.82, 2.24) is 9.97 Å². The van der Waals surface area contributed by atoms with E-state index in [0.29, 0.717) is 38.1 Å². The highest BCUT2D eigenvalue weighted by Gasteiger charge is 2.12. The molecular formula is C31H20Cl2N6O4S2. The van der Waals surface area contributed by atoms with Gasteiger partial charge in [0.15, 0.2) is 10.3 Å². The molecule has 0 aliphatic carbocycles. The zero-order chi connectivity index (χ0) is 31.5. The zero-order valence-corrected chi connectivity index (χ0v) is 26.1. The van der Waals surface area contributed by atoms with E-state index in [4.69, 9.17) is 23.2 Å². The van der Waals surface area contributed by atoms with Gasteiger partial charge in [0.2, 0.25) is 0 Å². The standard InChI is InChI=1S/C31H20Cl2N6O4S2/c32-24-14-18(1-11-26(24)36-30-34-16-28(44-30)20-3-7-22(8-4-20)38(40)41)13-19-2-12-27(25(33)15-19)37-31-35-17-29(45-31)21-5-9-23(10-6-21)39(42)43/h1-12,14-17H,13H2,(H,34,36)(H,35,37). The van der Waals surface area contributed by atoms with Crippen LogP contribution >= 0.6 is 45.9 Å². The van der Waals surface area contributed by atoms with Crippen molar-refractivity contribution in [2.24, 2.45) is 0 Å². The average Bonchev–Trinajstić information content (AvgIpc) is 3.70. The topological polar surface area (TPSA) is 136 Å². The Balaban J connectivity index is 1.08. The molecule has 0 aliphatic rings. The number of halogens is 2. The third-order valence-corrected chi connectivity index (χ3v) is 9.24. The van der Waals surface area contributed by atoms with Gasteiger partial charge in [0.25, 0.3) is 11.4 Å². The third-order valence-electron chi connectivity index (χ3n) is 6.70. The SMILES string of the molecule is O=[N+]([O-])c1ccc(-c2cnc(Nc3ccc(Cc4ccc(Nc5ncc(-c6ccc([N+](=O)[O-])cc6)s5)c(Cl)c4)cc3Cl)s2)cc1. The molecule has 2 aromatic heterocycles. The van der Waals surface area contributed by atoms with Crippen molar-refractivity contribution in [1.29, 1.82) is 0 Å². The molecule has 224 valence electrons. The predicted molar refractivity (Wildman–Crippen MR) is 181 cm³/mol. The molecule has 14 heteroatoms. The first kappa shape index (κ1) is 30.2. The van der Waals surface area contributed by atoms with Crippen LogP contribution in [0.5, 0.6) is 0 Å². The van der Waals surface area contributed by atoms with E-state index in [1.807, 2.05) is 36.4 Å². The van der Waals surface area contributed by atoms with Gasteiger partial charge in [0.1, 0.15) is 0 Å². The zero-order valence-electron chi connectivity index (χ0n) is 22.9. The fourth-order valence-corrected chi connectivity index (χ4v) is 6.60. The van der Waals surface area contributed by atoms with E-state index in [1.54, 1.807) is 36.7 Å². The molecule has 0 bridgehead atoms. The molecule has 2 N–H and O–H groups in total. The van der Waals surface area contributed by atoms with Gasteiger partial charge in [-0.05, 0) is 77.2 Å². The fraction of sp³-hybridized carbons (Fsp3) is 0.0323. The molecule has 0 aliphatic heterocycles. The average molecular weight is 676 g/mol. The first-order valence-corrected chi connectivity index (χ1v) is 15.6. The van der Waals surface area contributed by atoms with Gasteiger partial charge in [-0.25, -0.2) is 9.97 Å². The maximum Gasteiger partial charge on any atom is 0.269 e. The Bertz CT molecular complexity index is 1890. The first-order valence-electron chi connectivity index (χ1n) is 13.2. The van der Waals surface area contributed by atoms with Gasteiger partial charge >= 0.3 is 0 Å². The van der Waals surface area contributed by atoms with Gasteiger partial charge in [0, 0.05) is 36.7 Å². The van der Waals surface area contributed by atoms with Crippen LogP contribution in [0.3, 0.4) is 0 Å². The van der Waals surface area contributed by atoms with Crippen molar-refractivity contribution in [3.05, 3.63) is 139 Å². The molecule has 6 rings (SSSR count). The summed E-state index contributed by atoms with van der Waals surface area (Å²) < 4.78 is 0. The third kappa shape index (κ3) is 7.10. The maximum absolute atomic E-state index is 10.9. The molecule has 0 unspecified atom stereocenters.